The van der Waals surface area contributed by atoms with Crippen LogP contribution in [0.25, 0.3) is 10.9 Å². The van der Waals surface area contributed by atoms with E-state index in [9.17, 15) is 9.59 Å². The minimum absolute atomic E-state index is 0.0401. The Morgan fingerprint density at radius 2 is 1.94 bits per heavy atom. The Labute approximate surface area is 193 Å². The third-order valence-corrected chi connectivity index (χ3v) is 6.69. The Balaban J connectivity index is 1.53. The summed E-state index contributed by atoms with van der Waals surface area (Å²) in [5, 5.41) is 4.16. The molecule has 2 aromatic heterocycles. The van der Waals surface area contributed by atoms with Crippen molar-refractivity contribution in [3.63, 3.8) is 0 Å². The van der Waals surface area contributed by atoms with Crippen LogP contribution in [0.5, 0.6) is 0 Å². The minimum Gasteiger partial charge on any atom is -0.373 e. The van der Waals surface area contributed by atoms with E-state index < -0.39 is 0 Å². The molecule has 1 fully saturated rings. The van der Waals surface area contributed by atoms with E-state index in [2.05, 4.69) is 10.3 Å². The molecule has 4 heterocycles. The van der Waals surface area contributed by atoms with Crippen molar-refractivity contribution in [3.05, 3.63) is 59.2 Å². The van der Waals surface area contributed by atoms with Crippen LogP contribution in [0.2, 0.25) is 0 Å². The van der Waals surface area contributed by atoms with Gasteiger partial charge in [-0.05, 0) is 37.8 Å². The summed E-state index contributed by atoms with van der Waals surface area (Å²) in [6.45, 7) is 3.39. The van der Waals surface area contributed by atoms with Gasteiger partial charge in [0, 0.05) is 44.2 Å². The number of nitrogens with one attached hydrogen (secondary N) is 1. The Kier molecular flexibility index (Phi) is 5.66. The number of carbonyl (C=O) groups excluding carboxylic acids is 2. The van der Waals surface area contributed by atoms with Crippen molar-refractivity contribution in [2.45, 2.75) is 45.2 Å². The number of likely N-dealkylation sites (tertiary alicyclic amines) is 1. The Bertz CT molecular complexity index is 1220. The lowest BCUT2D eigenvalue weighted by molar-refractivity contribution is -0.129. The molecule has 8 heteroatoms. The van der Waals surface area contributed by atoms with E-state index in [-0.39, 0.29) is 17.9 Å². The molecule has 1 saturated heterocycles. The van der Waals surface area contributed by atoms with Gasteiger partial charge in [0.1, 0.15) is 5.82 Å². The third-order valence-electron chi connectivity index (χ3n) is 6.69. The van der Waals surface area contributed by atoms with Gasteiger partial charge in [-0.2, -0.15) is 0 Å². The summed E-state index contributed by atoms with van der Waals surface area (Å²) in [5.41, 5.74) is 3.25. The first-order chi connectivity index (χ1) is 16.1. The second kappa shape index (κ2) is 8.77. The van der Waals surface area contributed by atoms with Gasteiger partial charge in [-0.1, -0.05) is 18.2 Å². The van der Waals surface area contributed by atoms with Gasteiger partial charge in [-0.15, -0.1) is 0 Å². The lowest BCUT2D eigenvalue weighted by atomic mass is 9.98. The fourth-order valence-electron chi connectivity index (χ4n) is 4.95. The summed E-state index contributed by atoms with van der Waals surface area (Å²) in [6.07, 6.45) is 5.21. The van der Waals surface area contributed by atoms with Crippen LogP contribution in [-0.4, -0.2) is 56.7 Å². The molecule has 2 aliphatic heterocycles. The predicted octanol–water partition coefficient (Wildman–Crippen LogP) is 3.34. The zero-order valence-electron chi connectivity index (χ0n) is 19.0. The van der Waals surface area contributed by atoms with Gasteiger partial charge >= 0.3 is 0 Å². The second-order valence-corrected chi connectivity index (χ2v) is 8.69. The van der Waals surface area contributed by atoms with Crippen LogP contribution in [0.1, 0.15) is 59.7 Å². The number of aromatic nitrogens is 3. The molecule has 3 aromatic rings. The van der Waals surface area contributed by atoms with E-state index in [1.165, 1.54) is 0 Å². The average molecular weight is 445 g/mol. The van der Waals surface area contributed by atoms with Crippen molar-refractivity contribution >= 4 is 28.5 Å². The third kappa shape index (κ3) is 3.90. The van der Waals surface area contributed by atoms with E-state index in [1.54, 1.807) is 13.1 Å². The molecule has 33 heavy (non-hydrogen) atoms. The summed E-state index contributed by atoms with van der Waals surface area (Å²) in [6, 6.07) is 9.36. The Morgan fingerprint density at radius 1 is 1.09 bits per heavy atom. The highest BCUT2D eigenvalue weighted by Crippen LogP contribution is 2.34. The number of fused-ring (bicyclic) bond motifs is 2. The fourth-order valence-corrected chi connectivity index (χ4v) is 4.95. The van der Waals surface area contributed by atoms with Crippen LogP contribution < -0.4 is 5.32 Å². The second-order valence-electron chi connectivity index (χ2n) is 8.69. The number of anilines is 1. The maximum atomic E-state index is 13.7. The standard InChI is InChI=1S/C25H28N6O2/c1-16(32)30-14-11-18-20(15-30)28-24(29-23(18)26-2)21-10-3-4-13-31(21)25(33)19-9-5-7-17-8-6-12-27-22(17)19/h5-9,12,21H,3-4,10-11,13-15H2,1-2H3,(H,26,28,29)/t21-/m1/s1. The average Bonchev–Trinajstić information content (AvgIpc) is 2.86. The summed E-state index contributed by atoms with van der Waals surface area (Å²) in [7, 11) is 1.86. The first-order valence-corrected chi connectivity index (χ1v) is 11.5. The highest BCUT2D eigenvalue weighted by atomic mass is 16.2. The monoisotopic (exact) mass is 444 g/mol. The molecular formula is C25H28N6O2. The summed E-state index contributed by atoms with van der Waals surface area (Å²) in [4.78, 5) is 43.7. The van der Waals surface area contributed by atoms with Crippen LogP contribution in [-0.2, 0) is 17.8 Å². The van der Waals surface area contributed by atoms with Crippen LogP contribution in [0, 0.1) is 0 Å². The number of para-hydroxylation sites is 1. The number of rotatable bonds is 3. The molecule has 1 atom stereocenters. The molecule has 2 amide bonds. The highest BCUT2D eigenvalue weighted by molar-refractivity contribution is 6.05. The van der Waals surface area contributed by atoms with Gasteiger partial charge in [-0.3, -0.25) is 14.6 Å². The Hall–Kier alpha value is -3.55. The van der Waals surface area contributed by atoms with Gasteiger partial charge in [0.15, 0.2) is 5.82 Å². The molecule has 0 aliphatic carbocycles. The van der Waals surface area contributed by atoms with E-state index in [1.807, 2.05) is 47.2 Å². The molecule has 0 bridgehead atoms. The molecule has 170 valence electrons. The smallest absolute Gasteiger partial charge is 0.256 e. The van der Waals surface area contributed by atoms with Crippen molar-refractivity contribution in [2.24, 2.45) is 0 Å². The molecule has 5 rings (SSSR count). The topological polar surface area (TPSA) is 91.3 Å². The zero-order valence-corrected chi connectivity index (χ0v) is 19.0. The van der Waals surface area contributed by atoms with Gasteiger partial charge < -0.3 is 15.1 Å². The largest absolute Gasteiger partial charge is 0.373 e. The van der Waals surface area contributed by atoms with Crippen molar-refractivity contribution < 1.29 is 9.59 Å². The molecule has 1 aromatic carbocycles. The normalized spacial score (nSPS) is 18.2. The molecule has 1 N–H and O–H groups in total. The number of carbonyl (C=O) groups is 2. The first-order valence-electron chi connectivity index (χ1n) is 11.5. The van der Waals surface area contributed by atoms with Gasteiger partial charge in [-0.25, -0.2) is 9.97 Å². The van der Waals surface area contributed by atoms with Crippen molar-refractivity contribution in [2.75, 3.05) is 25.5 Å². The SMILES string of the molecule is CNc1nc([C@H]2CCCCN2C(=O)c2cccc3cccnc23)nc2c1CCN(C(C)=O)C2. The Morgan fingerprint density at radius 3 is 2.76 bits per heavy atom. The van der Waals surface area contributed by atoms with Crippen LogP contribution in [0.15, 0.2) is 36.5 Å². The molecule has 2 aliphatic rings. The quantitative estimate of drug-likeness (QED) is 0.666. The first kappa shape index (κ1) is 21.3. The van der Waals surface area contributed by atoms with Crippen LogP contribution in [0.3, 0.4) is 0 Å². The van der Waals surface area contributed by atoms with Gasteiger partial charge in [0.25, 0.3) is 5.91 Å². The number of benzene rings is 1. The number of piperidine rings is 1. The van der Waals surface area contributed by atoms with E-state index in [0.717, 1.165) is 48.1 Å². The minimum atomic E-state index is -0.213. The maximum Gasteiger partial charge on any atom is 0.256 e. The number of amides is 2. The van der Waals surface area contributed by atoms with Crippen molar-refractivity contribution in [1.29, 1.82) is 0 Å². The lowest BCUT2D eigenvalue weighted by Crippen LogP contribution is -2.40. The van der Waals surface area contributed by atoms with Crippen molar-refractivity contribution in [3.8, 4) is 0 Å². The maximum absolute atomic E-state index is 13.7. The predicted molar refractivity (Wildman–Crippen MR) is 126 cm³/mol. The number of nitrogens with zero attached hydrogens (tertiary/aromatic N) is 5. The van der Waals surface area contributed by atoms with Crippen LogP contribution in [0.4, 0.5) is 5.82 Å². The fraction of sp³-hybridized carbons (Fsp3) is 0.400. The highest BCUT2D eigenvalue weighted by Gasteiger charge is 2.33. The number of hydrogen-bond donors (Lipinski definition) is 1. The van der Waals surface area contributed by atoms with Crippen molar-refractivity contribution in [1.82, 2.24) is 24.8 Å². The summed E-state index contributed by atoms with van der Waals surface area (Å²) < 4.78 is 0. The molecule has 0 spiro atoms. The molecular weight excluding hydrogens is 416 g/mol. The van der Waals surface area contributed by atoms with Gasteiger partial charge in [0.2, 0.25) is 5.91 Å². The molecule has 0 radical (unpaired) electrons. The van der Waals surface area contributed by atoms with E-state index >= 15 is 0 Å². The van der Waals surface area contributed by atoms with E-state index in [4.69, 9.17) is 9.97 Å². The summed E-state index contributed by atoms with van der Waals surface area (Å²) >= 11 is 0. The molecule has 0 saturated carbocycles. The lowest BCUT2D eigenvalue weighted by Gasteiger charge is -2.36. The van der Waals surface area contributed by atoms with Crippen LogP contribution >= 0.6 is 0 Å². The zero-order chi connectivity index (χ0) is 22.9. The number of pyridine rings is 1. The molecule has 0 unspecified atom stereocenters. The number of hydrogen-bond acceptors (Lipinski definition) is 6. The van der Waals surface area contributed by atoms with Gasteiger partial charge in [0.05, 0.1) is 29.4 Å². The molecule has 8 nitrogen and oxygen atoms in total. The van der Waals surface area contributed by atoms with E-state index in [0.29, 0.717) is 36.5 Å². The summed E-state index contributed by atoms with van der Waals surface area (Å²) in [5.74, 6) is 1.44.